The van der Waals surface area contributed by atoms with Crippen LogP contribution in [-0.2, 0) is 9.47 Å². The lowest BCUT2D eigenvalue weighted by Crippen LogP contribution is -2.46. The van der Waals surface area contributed by atoms with Crippen LogP contribution in [0.5, 0.6) is 5.75 Å². The average Bonchev–Trinajstić information content (AvgIpc) is 2.57. The predicted octanol–water partition coefficient (Wildman–Crippen LogP) is 3.70. The number of benzene rings is 1. The average molecular weight is 335 g/mol. The van der Waals surface area contributed by atoms with Gasteiger partial charge in [-0.3, -0.25) is 4.90 Å². The second kappa shape index (κ2) is 10.0. The molecule has 0 unspecified atom stereocenters. The molecule has 136 valence electrons. The number of nitrogens with zero attached hydrogens (tertiary/aromatic N) is 1. The van der Waals surface area contributed by atoms with Crippen LogP contribution in [0.3, 0.4) is 0 Å². The quantitative estimate of drug-likeness (QED) is 0.644. The standard InChI is InChI=1S/C20H33NO3/c1-5-16(2)19-6-8-20(9-7-19)23-13-12-22-11-10-21-14-17(3)24-18(4)15-21/h6-9,16-18H,5,10-15H2,1-4H3/t16-,17-,18+/m1/s1. The van der Waals surface area contributed by atoms with Gasteiger partial charge in [0.2, 0.25) is 0 Å². The van der Waals surface area contributed by atoms with Crippen molar-refractivity contribution in [1.29, 1.82) is 0 Å². The van der Waals surface area contributed by atoms with Crippen LogP contribution in [-0.4, -0.2) is 56.6 Å². The maximum atomic E-state index is 5.74. The fourth-order valence-corrected chi connectivity index (χ4v) is 3.11. The van der Waals surface area contributed by atoms with Crippen LogP contribution >= 0.6 is 0 Å². The first kappa shape index (κ1) is 19.2. The molecule has 1 aromatic rings. The van der Waals surface area contributed by atoms with Gasteiger partial charge in [-0.25, -0.2) is 0 Å². The Kier molecular flexibility index (Phi) is 8.03. The Labute approximate surface area is 147 Å². The van der Waals surface area contributed by atoms with Crippen LogP contribution in [0.2, 0.25) is 0 Å². The molecule has 1 aliphatic heterocycles. The highest BCUT2D eigenvalue weighted by Crippen LogP contribution is 2.21. The Morgan fingerprint density at radius 3 is 2.38 bits per heavy atom. The summed E-state index contributed by atoms with van der Waals surface area (Å²) in [6, 6.07) is 8.42. The molecule has 24 heavy (non-hydrogen) atoms. The zero-order valence-electron chi connectivity index (χ0n) is 15.7. The van der Waals surface area contributed by atoms with Gasteiger partial charge in [0, 0.05) is 19.6 Å². The lowest BCUT2D eigenvalue weighted by Gasteiger charge is -2.35. The molecule has 1 aromatic carbocycles. The van der Waals surface area contributed by atoms with Crippen molar-refractivity contribution in [1.82, 2.24) is 4.90 Å². The fraction of sp³-hybridized carbons (Fsp3) is 0.700. The SMILES string of the molecule is CC[C@@H](C)c1ccc(OCCOCCN2C[C@@H](C)O[C@@H](C)C2)cc1. The van der Waals surface area contributed by atoms with E-state index in [-0.39, 0.29) is 0 Å². The van der Waals surface area contributed by atoms with Gasteiger partial charge in [-0.15, -0.1) is 0 Å². The predicted molar refractivity (Wildman–Crippen MR) is 97.9 cm³/mol. The number of morpholine rings is 1. The summed E-state index contributed by atoms with van der Waals surface area (Å²) in [5.74, 6) is 1.52. The minimum Gasteiger partial charge on any atom is -0.491 e. The van der Waals surface area contributed by atoms with Crippen molar-refractivity contribution in [2.24, 2.45) is 0 Å². The second-order valence-corrected chi connectivity index (χ2v) is 6.86. The van der Waals surface area contributed by atoms with E-state index in [1.807, 2.05) is 0 Å². The number of ether oxygens (including phenoxy) is 3. The Bertz CT molecular complexity index is 452. The van der Waals surface area contributed by atoms with Crippen LogP contribution in [0.1, 0.15) is 45.6 Å². The van der Waals surface area contributed by atoms with Crippen LogP contribution in [0.4, 0.5) is 0 Å². The topological polar surface area (TPSA) is 30.9 Å². The van der Waals surface area contributed by atoms with Crippen molar-refractivity contribution in [2.45, 2.75) is 52.2 Å². The van der Waals surface area contributed by atoms with Crippen molar-refractivity contribution in [3.8, 4) is 5.75 Å². The van der Waals surface area contributed by atoms with Gasteiger partial charge >= 0.3 is 0 Å². The van der Waals surface area contributed by atoms with Crippen molar-refractivity contribution in [3.63, 3.8) is 0 Å². The van der Waals surface area contributed by atoms with Crippen molar-refractivity contribution in [2.75, 3.05) is 39.5 Å². The normalized spacial score (nSPS) is 23.2. The summed E-state index contributed by atoms with van der Waals surface area (Å²) in [4.78, 5) is 2.41. The van der Waals surface area contributed by atoms with E-state index in [2.05, 4.69) is 56.9 Å². The Balaban J connectivity index is 1.56. The van der Waals surface area contributed by atoms with E-state index in [0.29, 0.717) is 31.3 Å². The van der Waals surface area contributed by atoms with Gasteiger partial charge in [-0.2, -0.15) is 0 Å². The third-order valence-corrected chi connectivity index (χ3v) is 4.60. The summed E-state index contributed by atoms with van der Waals surface area (Å²) in [5.41, 5.74) is 1.37. The highest BCUT2D eigenvalue weighted by molar-refractivity contribution is 5.29. The molecule has 0 bridgehead atoms. The van der Waals surface area contributed by atoms with E-state index in [0.717, 1.165) is 38.4 Å². The number of hydrogen-bond acceptors (Lipinski definition) is 4. The van der Waals surface area contributed by atoms with Crippen LogP contribution in [0.25, 0.3) is 0 Å². The van der Waals surface area contributed by atoms with E-state index < -0.39 is 0 Å². The summed E-state index contributed by atoms with van der Waals surface area (Å²) < 4.78 is 17.2. The van der Waals surface area contributed by atoms with E-state index in [4.69, 9.17) is 14.2 Å². The minimum atomic E-state index is 0.315. The van der Waals surface area contributed by atoms with E-state index >= 15 is 0 Å². The van der Waals surface area contributed by atoms with Gasteiger partial charge in [0.1, 0.15) is 12.4 Å². The fourth-order valence-electron chi connectivity index (χ4n) is 3.11. The van der Waals surface area contributed by atoms with E-state index in [1.54, 1.807) is 0 Å². The first-order valence-corrected chi connectivity index (χ1v) is 9.26. The Morgan fingerprint density at radius 1 is 1.08 bits per heavy atom. The zero-order valence-corrected chi connectivity index (χ0v) is 15.7. The van der Waals surface area contributed by atoms with Crippen molar-refractivity contribution >= 4 is 0 Å². The molecule has 1 aliphatic rings. The smallest absolute Gasteiger partial charge is 0.119 e. The molecular formula is C20H33NO3. The van der Waals surface area contributed by atoms with Gasteiger partial charge in [-0.05, 0) is 43.9 Å². The maximum Gasteiger partial charge on any atom is 0.119 e. The van der Waals surface area contributed by atoms with Gasteiger partial charge in [0.15, 0.2) is 0 Å². The van der Waals surface area contributed by atoms with Crippen LogP contribution in [0.15, 0.2) is 24.3 Å². The summed E-state index contributed by atoms with van der Waals surface area (Å²) in [7, 11) is 0. The molecule has 1 fully saturated rings. The summed E-state index contributed by atoms with van der Waals surface area (Å²) in [6.45, 7) is 13.6. The summed E-state index contributed by atoms with van der Waals surface area (Å²) in [6.07, 6.45) is 1.79. The molecule has 3 atom stereocenters. The molecule has 0 aliphatic carbocycles. The first-order chi connectivity index (χ1) is 11.6. The lowest BCUT2D eigenvalue weighted by atomic mass is 9.99. The molecule has 0 amide bonds. The van der Waals surface area contributed by atoms with Gasteiger partial charge in [-0.1, -0.05) is 26.0 Å². The molecule has 4 nitrogen and oxygen atoms in total. The Morgan fingerprint density at radius 2 is 1.75 bits per heavy atom. The lowest BCUT2D eigenvalue weighted by molar-refractivity contribution is -0.0734. The summed E-state index contributed by atoms with van der Waals surface area (Å²) >= 11 is 0. The highest BCUT2D eigenvalue weighted by Gasteiger charge is 2.21. The largest absolute Gasteiger partial charge is 0.491 e. The van der Waals surface area contributed by atoms with E-state index in [9.17, 15) is 0 Å². The van der Waals surface area contributed by atoms with Gasteiger partial charge in [0.25, 0.3) is 0 Å². The highest BCUT2D eigenvalue weighted by atomic mass is 16.5. The minimum absolute atomic E-state index is 0.315. The zero-order chi connectivity index (χ0) is 17.4. The molecule has 0 saturated carbocycles. The molecule has 0 aromatic heterocycles. The van der Waals surface area contributed by atoms with Gasteiger partial charge in [0.05, 0.1) is 25.4 Å². The molecule has 0 spiro atoms. The Hall–Kier alpha value is -1.10. The monoisotopic (exact) mass is 335 g/mol. The second-order valence-electron chi connectivity index (χ2n) is 6.86. The van der Waals surface area contributed by atoms with Gasteiger partial charge < -0.3 is 14.2 Å². The van der Waals surface area contributed by atoms with Crippen LogP contribution in [0, 0.1) is 0 Å². The third-order valence-electron chi connectivity index (χ3n) is 4.60. The number of rotatable bonds is 9. The number of hydrogen-bond donors (Lipinski definition) is 0. The molecule has 1 saturated heterocycles. The molecule has 2 rings (SSSR count). The molecular weight excluding hydrogens is 302 g/mol. The molecule has 4 heteroatoms. The molecule has 1 heterocycles. The van der Waals surface area contributed by atoms with Crippen LogP contribution < -0.4 is 4.74 Å². The molecule has 0 radical (unpaired) electrons. The molecule has 0 N–H and O–H groups in total. The van der Waals surface area contributed by atoms with Crippen molar-refractivity contribution < 1.29 is 14.2 Å². The van der Waals surface area contributed by atoms with Crippen molar-refractivity contribution in [3.05, 3.63) is 29.8 Å². The van der Waals surface area contributed by atoms with E-state index in [1.165, 1.54) is 5.56 Å². The summed E-state index contributed by atoms with van der Waals surface area (Å²) in [5, 5.41) is 0. The first-order valence-electron chi connectivity index (χ1n) is 9.26. The third kappa shape index (κ3) is 6.42. The maximum absolute atomic E-state index is 5.74.